The lowest BCUT2D eigenvalue weighted by atomic mass is 9.98. The number of hydrogen-bond donors (Lipinski definition) is 2. The normalized spacial score (nSPS) is 12.4. The van der Waals surface area contributed by atoms with Crippen molar-refractivity contribution in [3.05, 3.63) is 66.2 Å². The Kier molecular flexibility index (Phi) is 5.86. The first-order valence-corrected chi connectivity index (χ1v) is 8.43. The highest BCUT2D eigenvalue weighted by Gasteiger charge is 2.16. The van der Waals surface area contributed by atoms with Crippen LogP contribution in [-0.2, 0) is 6.42 Å². The minimum Gasteiger partial charge on any atom is -0.271 e. The molecule has 2 rings (SSSR count). The Balaban J connectivity index is 2.31. The number of rotatable bonds is 4. The third-order valence-corrected chi connectivity index (χ3v) is 5.56. The molecule has 0 aliphatic rings. The number of aryl methyl sites for hydroxylation is 1. The Labute approximate surface area is 146 Å². The summed E-state index contributed by atoms with van der Waals surface area (Å²) in [6.45, 7) is 2.10. The highest BCUT2D eigenvalue weighted by Crippen LogP contribution is 2.29. The van der Waals surface area contributed by atoms with E-state index in [1.807, 2.05) is 18.2 Å². The summed E-state index contributed by atoms with van der Waals surface area (Å²) in [4.78, 5) is 0. The molecular formula is C15H15BrClIN2. The highest BCUT2D eigenvalue weighted by molar-refractivity contribution is 14.1. The average Bonchev–Trinajstić information content (AvgIpc) is 2.42. The third kappa shape index (κ3) is 3.74. The molecule has 0 aliphatic heterocycles. The van der Waals surface area contributed by atoms with Gasteiger partial charge in [-0.25, -0.2) is 0 Å². The molecule has 20 heavy (non-hydrogen) atoms. The zero-order valence-electron chi connectivity index (χ0n) is 11.0. The van der Waals surface area contributed by atoms with Gasteiger partial charge in [-0.1, -0.05) is 51.8 Å². The van der Waals surface area contributed by atoms with Crippen molar-refractivity contribution in [3.8, 4) is 0 Å². The van der Waals surface area contributed by atoms with Crippen LogP contribution >= 0.6 is 50.1 Å². The Hall–Kier alpha value is -0.140. The number of nitrogens with one attached hydrogen (secondary N) is 1. The number of halogens is 3. The van der Waals surface area contributed by atoms with Crippen LogP contribution in [-0.4, -0.2) is 0 Å². The first-order valence-electron chi connectivity index (χ1n) is 6.18. The first-order chi connectivity index (χ1) is 9.52. The predicted octanol–water partition coefficient (Wildman–Crippen LogP) is 4.76. The Bertz CT molecular complexity index is 619. The number of nitrogens with two attached hydrogens (primary N) is 1. The van der Waals surface area contributed by atoms with Crippen LogP contribution in [0.15, 0.2) is 40.9 Å². The monoisotopic (exact) mass is 464 g/mol. The summed E-state index contributed by atoms with van der Waals surface area (Å²) in [6.07, 6.45) is 0.752. The summed E-state index contributed by atoms with van der Waals surface area (Å²) in [6, 6.07) is 12.2. The maximum atomic E-state index is 6.29. The summed E-state index contributed by atoms with van der Waals surface area (Å²) in [5.41, 5.74) is 6.44. The molecule has 5 heteroatoms. The number of benzene rings is 2. The van der Waals surface area contributed by atoms with Crippen LogP contribution in [0.3, 0.4) is 0 Å². The molecule has 106 valence electrons. The maximum Gasteiger partial charge on any atom is 0.0511 e. The molecule has 2 aromatic carbocycles. The smallest absolute Gasteiger partial charge is 0.0511 e. The minimum atomic E-state index is 0.0421. The van der Waals surface area contributed by atoms with Gasteiger partial charge < -0.3 is 0 Å². The molecule has 2 aromatic rings. The molecule has 2 nitrogen and oxygen atoms in total. The van der Waals surface area contributed by atoms with Crippen molar-refractivity contribution in [1.29, 1.82) is 0 Å². The van der Waals surface area contributed by atoms with Gasteiger partial charge in [0.25, 0.3) is 0 Å². The van der Waals surface area contributed by atoms with Crippen LogP contribution in [0.25, 0.3) is 0 Å². The van der Waals surface area contributed by atoms with Gasteiger partial charge in [0.2, 0.25) is 0 Å². The molecule has 0 saturated carbocycles. The van der Waals surface area contributed by atoms with Gasteiger partial charge in [-0.15, -0.1) is 0 Å². The standard InChI is InChI=1S/C15H15BrClIN2/c1-9-3-2-4-12(15(9)18)14(20-19)7-10-5-6-11(16)8-13(10)17/h2-6,8,14,20H,7,19H2,1H3. The van der Waals surface area contributed by atoms with Crippen molar-refractivity contribution in [2.45, 2.75) is 19.4 Å². The van der Waals surface area contributed by atoms with Gasteiger partial charge in [-0.3, -0.25) is 11.3 Å². The second-order valence-electron chi connectivity index (χ2n) is 4.64. The average molecular weight is 466 g/mol. The van der Waals surface area contributed by atoms with Crippen LogP contribution in [0.1, 0.15) is 22.7 Å². The minimum absolute atomic E-state index is 0.0421. The fourth-order valence-corrected chi connectivity index (χ4v) is 3.59. The lowest BCUT2D eigenvalue weighted by Crippen LogP contribution is -2.30. The predicted molar refractivity (Wildman–Crippen MR) is 96.8 cm³/mol. The highest BCUT2D eigenvalue weighted by atomic mass is 127. The van der Waals surface area contributed by atoms with Gasteiger partial charge in [0.15, 0.2) is 0 Å². The summed E-state index contributed by atoms with van der Waals surface area (Å²) in [5.74, 6) is 5.75. The Morgan fingerprint density at radius 2 is 2.10 bits per heavy atom. The second kappa shape index (κ2) is 7.22. The van der Waals surface area contributed by atoms with E-state index in [0.29, 0.717) is 0 Å². The van der Waals surface area contributed by atoms with Gasteiger partial charge in [0, 0.05) is 13.1 Å². The molecule has 0 aliphatic carbocycles. The number of hydrogen-bond acceptors (Lipinski definition) is 2. The summed E-state index contributed by atoms with van der Waals surface area (Å²) in [5, 5.41) is 0.752. The maximum absolute atomic E-state index is 6.29. The van der Waals surface area contributed by atoms with Crippen molar-refractivity contribution >= 4 is 50.1 Å². The molecule has 0 heterocycles. The molecule has 0 radical (unpaired) electrons. The van der Waals surface area contributed by atoms with Crippen LogP contribution < -0.4 is 11.3 Å². The van der Waals surface area contributed by atoms with Gasteiger partial charge >= 0.3 is 0 Å². The quantitative estimate of drug-likeness (QED) is 0.388. The fourth-order valence-electron chi connectivity index (χ4n) is 2.11. The van der Waals surface area contributed by atoms with Crippen molar-refractivity contribution in [3.63, 3.8) is 0 Å². The fraction of sp³-hybridized carbons (Fsp3) is 0.200. The van der Waals surface area contributed by atoms with Crippen molar-refractivity contribution < 1.29 is 0 Å². The Morgan fingerprint density at radius 3 is 2.75 bits per heavy atom. The van der Waals surface area contributed by atoms with E-state index in [4.69, 9.17) is 17.4 Å². The molecule has 0 bridgehead atoms. The van der Waals surface area contributed by atoms with E-state index in [-0.39, 0.29) is 6.04 Å². The molecule has 0 aromatic heterocycles. The van der Waals surface area contributed by atoms with Crippen LogP contribution in [0, 0.1) is 10.5 Å². The topological polar surface area (TPSA) is 38.0 Å². The molecule has 0 amide bonds. The molecule has 0 saturated heterocycles. The molecule has 3 N–H and O–H groups in total. The summed E-state index contributed by atoms with van der Waals surface area (Å²) >= 11 is 12.1. The largest absolute Gasteiger partial charge is 0.271 e. The molecule has 0 spiro atoms. The van der Waals surface area contributed by atoms with Crippen molar-refractivity contribution in [2.24, 2.45) is 5.84 Å². The molecule has 1 unspecified atom stereocenters. The van der Waals surface area contributed by atoms with Crippen molar-refractivity contribution in [1.82, 2.24) is 5.43 Å². The van der Waals surface area contributed by atoms with Crippen LogP contribution in [0.5, 0.6) is 0 Å². The number of hydrazine groups is 1. The summed E-state index contributed by atoms with van der Waals surface area (Å²) in [7, 11) is 0. The van der Waals surface area contributed by atoms with Crippen LogP contribution in [0.4, 0.5) is 0 Å². The Morgan fingerprint density at radius 1 is 1.35 bits per heavy atom. The van der Waals surface area contributed by atoms with E-state index >= 15 is 0 Å². The van der Waals surface area contributed by atoms with E-state index in [1.165, 1.54) is 14.7 Å². The summed E-state index contributed by atoms with van der Waals surface area (Å²) < 4.78 is 2.22. The zero-order valence-corrected chi connectivity index (χ0v) is 15.5. The molecule has 1 atom stereocenters. The molecule has 0 fully saturated rings. The van der Waals surface area contributed by atoms with Gasteiger partial charge in [0.05, 0.1) is 6.04 Å². The second-order valence-corrected chi connectivity index (χ2v) is 7.04. The lowest BCUT2D eigenvalue weighted by molar-refractivity contribution is 0.549. The third-order valence-electron chi connectivity index (χ3n) is 3.24. The van der Waals surface area contributed by atoms with E-state index < -0.39 is 0 Å². The van der Waals surface area contributed by atoms with Gasteiger partial charge in [0.1, 0.15) is 0 Å². The molecular weight excluding hydrogens is 450 g/mol. The van der Waals surface area contributed by atoms with E-state index in [1.54, 1.807) is 0 Å². The van der Waals surface area contributed by atoms with E-state index in [9.17, 15) is 0 Å². The van der Waals surface area contributed by atoms with Crippen molar-refractivity contribution in [2.75, 3.05) is 0 Å². The first kappa shape index (κ1) is 16.2. The van der Waals surface area contributed by atoms with E-state index in [2.05, 4.69) is 69.1 Å². The lowest BCUT2D eigenvalue weighted by Gasteiger charge is -2.19. The van der Waals surface area contributed by atoms with Crippen LogP contribution in [0.2, 0.25) is 5.02 Å². The SMILES string of the molecule is Cc1cccc(C(Cc2ccc(Br)cc2Cl)NN)c1I. The van der Waals surface area contributed by atoms with E-state index in [0.717, 1.165) is 21.5 Å². The zero-order chi connectivity index (χ0) is 14.7. The van der Waals surface area contributed by atoms with Gasteiger partial charge in [-0.2, -0.15) is 0 Å². The van der Waals surface area contributed by atoms with Gasteiger partial charge in [-0.05, 0) is 64.8 Å².